The Balaban J connectivity index is 1.59. The van der Waals surface area contributed by atoms with E-state index in [0.29, 0.717) is 41.2 Å². The highest BCUT2D eigenvalue weighted by atomic mass is 19.1. The van der Waals surface area contributed by atoms with Gasteiger partial charge in [-0.15, -0.1) is 0 Å². The van der Waals surface area contributed by atoms with E-state index in [0.717, 1.165) is 16.7 Å². The van der Waals surface area contributed by atoms with E-state index in [-0.39, 0.29) is 23.1 Å². The number of para-hydroxylation sites is 1. The largest absolute Gasteiger partial charge is 0.478 e. The molecular weight excluding hydrogens is 445 g/mol. The Hall–Kier alpha value is -4.51. The summed E-state index contributed by atoms with van der Waals surface area (Å²) >= 11 is 0. The third-order valence-electron chi connectivity index (χ3n) is 6.25. The number of hydrogen-bond acceptors (Lipinski definition) is 6. The summed E-state index contributed by atoms with van der Waals surface area (Å²) < 4.78 is 14.3. The second kappa shape index (κ2) is 8.69. The molecule has 1 aliphatic heterocycles. The molecule has 174 valence electrons. The predicted molar refractivity (Wildman–Crippen MR) is 131 cm³/mol. The Labute approximate surface area is 201 Å². The molecule has 0 saturated heterocycles. The molecule has 0 spiro atoms. The van der Waals surface area contributed by atoms with Crippen molar-refractivity contribution in [1.29, 1.82) is 5.26 Å². The molecule has 1 aromatic heterocycles. The molecule has 0 radical (unpaired) electrons. The van der Waals surface area contributed by atoms with Crippen LogP contribution in [0, 0.1) is 24.1 Å². The minimum absolute atomic E-state index is 0.173. The Morgan fingerprint density at radius 3 is 2.71 bits per heavy atom. The van der Waals surface area contributed by atoms with Crippen molar-refractivity contribution in [2.75, 3.05) is 10.2 Å². The number of halogens is 1. The number of rotatable bonds is 5. The molecule has 7 nitrogen and oxygen atoms in total. The number of nitrogens with zero attached hydrogens (tertiary/aromatic N) is 4. The number of benzene rings is 3. The van der Waals surface area contributed by atoms with E-state index < -0.39 is 5.97 Å². The summed E-state index contributed by atoms with van der Waals surface area (Å²) in [5.74, 6) is -0.890. The average molecular weight is 468 g/mol. The van der Waals surface area contributed by atoms with Gasteiger partial charge in [-0.25, -0.2) is 19.2 Å². The van der Waals surface area contributed by atoms with Crippen LogP contribution in [0.1, 0.15) is 51.3 Å². The van der Waals surface area contributed by atoms with Gasteiger partial charge in [-0.05, 0) is 49.2 Å². The van der Waals surface area contributed by atoms with Crippen molar-refractivity contribution in [2.45, 2.75) is 33.0 Å². The second-order valence-corrected chi connectivity index (χ2v) is 8.68. The van der Waals surface area contributed by atoms with Crippen LogP contribution in [0.25, 0.3) is 11.0 Å². The topological polar surface area (TPSA) is 102 Å². The quantitative estimate of drug-likeness (QED) is 0.408. The number of fused-ring (bicyclic) bond motifs is 2. The van der Waals surface area contributed by atoms with Gasteiger partial charge in [0.25, 0.3) is 0 Å². The maximum absolute atomic E-state index is 14.3. The van der Waals surface area contributed by atoms with Gasteiger partial charge in [0.15, 0.2) is 11.5 Å². The van der Waals surface area contributed by atoms with Crippen molar-refractivity contribution in [3.8, 4) is 6.07 Å². The molecule has 2 heterocycles. The SMILES string of the molecule is Cc1cc([C@@H](C)Nc2ccccc2C(=O)O)c2nc(N3Cc4cccc(F)c4C3)c(C#N)nc2c1. The van der Waals surface area contributed by atoms with Gasteiger partial charge in [-0.2, -0.15) is 5.26 Å². The average Bonchev–Trinajstić information content (AvgIpc) is 3.28. The van der Waals surface area contributed by atoms with Crippen molar-refractivity contribution in [1.82, 2.24) is 9.97 Å². The van der Waals surface area contributed by atoms with Gasteiger partial charge in [-0.1, -0.05) is 30.3 Å². The standard InChI is InChI=1S/C27H22FN5O2/c1-15-10-19(16(2)30-22-9-4-3-7-18(22)27(34)35)25-23(11-15)31-24(12-29)26(32-25)33-13-17-6-5-8-21(28)20(17)14-33/h3-11,16,30H,13-14H2,1-2H3,(H,34,35)/t16-/m1/s1. The first-order valence-electron chi connectivity index (χ1n) is 11.2. The molecule has 0 fully saturated rings. The number of aryl methyl sites for hydroxylation is 1. The lowest BCUT2D eigenvalue weighted by Crippen LogP contribution is -2.19. The molecule has 5 rings (SSSR count). The van der Waals surface area contributed by atoms with Gasteiger partial charge < -0.3 is 15.3 Å². The van der Waals surface area contributed by atoms with E-state index in [2.05, 4.69) is 16.4 Å². The minimum Gasteiger partial charge on any atom is -0.478 e. The van der Waals surface area contributed by atoms with Crippen LogP contribution in [0.4, 0.5) is 15.9 Å². The number of nitriles is 1. The number of aromatic nitrogens is 2. The number of carboxylic acid groups (broad SMARTS) is 1. The Morgan fingerprint density at radius 2 is 1.97 bits per heavy atom. The fourth-order valence-corrected chi connectivity index (χ4v) is 4.59. The van der Waals surface area contributed by atoms with Crippen LogP contribution < -0.4 is 10.2 Å². The lowest BCUT2D eigenvalue weighted by molar-refractivity contribution is 0.0698. The summed E-state index contributed by atoms with van der Waals surface area (Å²) in [6.45, 7) is 4.59. The molecule has 8 heteroatoms. The van der Waals surface area contributed by atoms with Crippen molar-refractivity contribution in [2.24, 2.45) is 0 Å². The Kier molecular flexibility index (Phi) is 5.53. The van der Waals surface area contributed by atoms with Crippen LogP contribution in [0.2, 0.25) is 0 Å². The molecule has 1 atom stereocenters. The zero-order valence-electron chi connectivity index (χ0n) is 19.2. The number of carbonyl (C=O) groups is 1. The molecule has 0 amide bonds. The van der Waals surface area contributed by atoms with E-state index in [4.69, 9.17) is 4.98 Å². The lowest BCUT2D eigenvalue weighted by Gasteiger charge is -2.22. The van der Waals surface area contributed by atoms with E-state index in [1.807, 2.05) is 36.9 Å². The fraction of sp³-hybridized carbons (Fsp3) is 0.185. The van der Waals surface area contributed by atoms with Crippen molar-refractivity contribution in [3.05, 3.63) is 93.9 Å². The summed E-state index contributed by atoms with van der Waals surface area (Å²) in [6.07, 6.45) is 0. The first kappa shape index (κ1) is 22.3. The molecule has 1 aliphatic rings. The summed E-state index contributed by atoms with van der Waals surface area (Å²) in [4.78, 5) is 23.0. The van der Waals surface area contributed by atoms with Crippen LogP contribution in [0.3, 0.4) is 0 Å². The lowest BCUT2D eigenvalue weighted by atomic mass is 10.0. The molecule has 0 unspecified atom stereocenters. The number of carboxylic acids is 1. The minimum atomic E-state index is -1.02. The van der Waals surface area contributed by atoms with Gasteiger partial charge in [0.05, 0.1) is 22.6 Å². The summed E-state index contributed by atoms with van der Waals surface area (Å²) in [5.41, 5.74) is 5.25. The van der Waals surface area contributed by atoms with Crippen LogP contribution in [-0.2, 0) is 13.1 Å². The van der Waals surface area contributed by atoms with Gasteiger partial charge in [-0.3, -0.25) is 0 Å². The van der Waals surface area contributed by atoms with Gasteiger partial charge >= 0.3 is 5.97 Å². The highest BCUT2D eigenvalue weighted by Gasteiger charge is 2.27. The van der Waals surface area contributed by atoms with Crippen molar-refractivity contribution < 1.29 is 14.3 Å². The number of anilines is 2. The van der Waals surface area contributed by atoms with Crippen LogP contribution >= 0.6 is 0 Å². The third kappa shape index (κ3) is 4.02. The molecule has 2 N–H and O–H groups in total. The molecule has 0 aliphatic carbocycles. The monoisotopic (exact) mass is 467 g/mol. The van der Waals surface area contributed by atoms with Crippen LogP contribution in [-0.4, -0.2) is 21.0 Å². The summed E-state index contributed by atoms with van der Waals surface area (Å²) in [7, 11) is 0. The van der Waals surface area contributed by atoms with Crippen LogP contribution in [0.5, 0.6) is 0 Å². The maximum Gasteiger partial charge on any atom is 0.337 e. The molecule has 35 heavy (non-hydrogen) atoms. The number of nitrogens with one attached hydrogen (secondary N) is 1. The third-order valence-corrected chi connectivity index (χ3v) is 6.25. The van der Waals surface area contributed by atoms with E-state index >= 15 is 0 Å². The molecule has 3 aromatic carbocycles. The van der Waals surface area contributed by atoms with Gasteiger partial charge in [0.1, 0.15) is 11.9 Å². The first-order chi connectivity index (χ1) is 16.9. The van der Waals surface area contributed by atoms with Gasteiger partial charge in [0.2, 0.25) is 0 Å². The normalized spacial score (nSPS) is 13.4. The van der Waals surface area contributed by atoms with E-state index in [9.17, 15) is 19.6 Å². The fourth-order valence-electron chi connectivity index (χ4n) is 4.59. The van der Waals surface area contributed by atoms with E-state index in [1.54, 1.807) is 30.3 Å². The molecule has 0 bridgehead atoms. The number of aromatic carboxylic acids is 1. The van der Waals surface area contributed by atoms with E-state index in [1.165, 1.54) is 6.07 Å². The highest BCUT2D eigenvalue weighted by Crippen LogP contribution is 2.34. The molecular formula is C27H22FN5O2. The Bertz CT molecular complexity index is 1530. The second-order valence-electron chi connectivity index (χ2n) is 8.68. The summed E-state index contributed by atoms with van der Waals surface area (Å²) in [6, 6.07) is 17.4. The smallest absolute Gasteiger partial charge is 0.337 e. The molecule has 4 aromatic rings. The Morgan fingerprint density at radius 1 is 1.17 bits per heavy atom. The zero-order valence-corrected chi connectivity index (χ0v) is 19.2. The van der Waals surface area contributed by atoms with Crippen molar-refractivity contribution in [3.63, 3.8) is 0 Å². The number of hydrogen-bond donors (Lipinski definition) is 2. The predicted octanol–water partition coefficient (Wildman–Crippen LogP) is 5.34. The zero-order chi connectivity index (χ0) is 24.7. The van der Waals surface area contributed by atoms with Crippen LogP contribution in [0.15, 0.2) is 54.6 Å². The maximum atomic E-state index is 14.3. The van der Waals surface area contributed by atoms with Crippen molar-refractivity contribution >= 4 is 28.5 Å². The highest BCUT2D eigenvalue weighted by molar-refractivity contribution is 5.94. The van der Waals surface area contributed by atoms with Gasteiger partial charge in [0, 0.05) is 29.9 Å². The first-order valence-corrected chi connectivity index (χ1v) is 11.2. The summed E-state index contributed by atoms with van der Waals surface area (Å²) in [5, 5.41) is 22.7. The molecule has 0 saturated carbocycles.